The molecule has 1 aliphatic heterocycles. The minimum atomic E-state index is -2.85. The number of methoxy groups -OCH3 is 1. The van der Waals surface area contributed by atoms with Gasteiger partial charge in [0.15, 0.2) is 9.84 Å². The maximum Gasteiger partial charge on any atom is 0.154 e. The van der Waals surface area contributed by atoms with Crippen molar-refractivity contribution in [3.05, 3.63) is 29.8 Å². The summed E-state index contributed by atoms with van der Waals surface area (Å²) in [6, 6.07) is 7.76. The SMILES string of the molecule is COc1ccccc1CNCC1CCCS1(=O)=O. The smallest absolute Gasteiger partial charge is 0.154 e. The van der Waals surface area contributed by atoms with E-state index in [4.69, 9.17) is 4.74 Å². The van der Waals surface area contributed by atoms with Gasteiger partial charge in [0.05, 0.1) is 18.1 Å². The molecule has 1 N–H and O–H groups in total. The molecule has 18 heavy (non-hydrogen) atoms. The second-order valence-electron chi connectivity index (χ2n) is 4.57. The van der Waals surface area contributed by atoms with Gasteiger partial charge in [0.1, 0.15) is 5.75 Å². The number of sulfone groups is 1. The highest BCUT2D eigenvalue weighted by molar-refractivity contribution is 7.92. The van der Waals surface area contributed by atoms with E-state index in [-0.39, 0.29) is 5.25 Å². The van der Waals surface area contributed by atoms with E-state index in [9.17, 15) is 8.42 Å². The van der Waals surface area contributed by atoms with Gasteiger partial charge >= 0.3 is 0 Å². The number of nitrogens with one attached hydrogen (secondary N) is 1. The number of hydrogen-bond donors (Lipinski definition) is 1. The first-order valence-electron chi connectivity index (χ1n) is 6.17. The fourth-order valence-corrected chi connectivity index (χ4v) is 4.10. The summed E-state index contributed by atoms with van der Waals surface area (Å²) in [5, 5.41) is 3.00. The first-order valence-corrected chi connectivity index (χ1v) is 7.89. The molecule has 1 aliphatic rings. The third-order valence-electron chi connectivity index (χ3n) is 3.34. The Morgan fingerprint density at radius 1 is 1.39 bits per heavy atom. The fourth-order valence-electron chi connectivity index (χ4n) is 2.30. The van der Waals surface area contributed by atoms with Gasteiger partial charge in [0, 0.05) is 18.7 Å². The lowest BCUT2D eigenvalue weighted by atomic mass is 10.2. The first kappa shape index (κ1) is 13.4. The lowest BCUT2D eigenvalue weighted by Crippen LogP contribution is -2.30. The Morgan fingerprint density at radius 2 is 2.17 bits per heavy atom. The molecular weight excluding hydrogens is 250 g/mol. The molecule has 0 aliphatic carbocycles. The van der Waals surface area contributed by atoms with Crippen molar-refractivity contribution < 1.29 is 13.2 Å². The Bertz CT molecular complexity index is 499. The maximum absolute atomic E-state index is 11.7. The highest BCUT2D eigenvalue weighted by atomic mass is 32.2. The summed E-state index contributed by atoms with van der Waals surface area (Å²) in [6.45, 7) is 1.16. The van der Waals surface area contributed by atoms with Crippen LogP contribution in [0, 0.1) is 0 Å². The summed E-state index contributed by atoms with van der Waals surface area (Å²) in [4.78, 5) is 0. The van der Waals surface area contributed by atoms with Crippen LogP contribution in [-0.2, 0) is 16.4 Å². The third-order valence-corrected chi connectivity index (χ3v) is 5.62. The van der Waals surface area contributed by atoms with E-state index in [1.54, 1.807) is 7.11 Å². The van der Waals surface area contributed by atoms with Crippen molar-refractivity contribution >= 4 is 9.84 Å². The predicted molar refractivity (Wildman–Crippen MR) is 71.5 cm³/mol. The van der Waals surface area contributed by atoms with Gasteiger partial charge in [-0.15, -0.1) is 0 Å². The summed E-state index contributed by atoms with van der Waals surface area (Å²) in [7, 11) is -1.21. The molecule has 2 rings (SSSR count). The molecule has 0 spiro atoms. The van der Waals surface area contributed by atoms with Crippen LogP contribution in [0.4, 0.5) is 0 Å². The highest BCUT2D eigenvalue weighted by Gasteiger charge is 2.30. The van der Waals surface area contributed by atoms with Crippen LogP contribution in [0.5, 0.6) is 5.75 Å². The molecule has 0 aromatic heterocycles. The third kappa shape index (κ3) is 3.03. The average Bonchev–Trinajstić information content (AvgIpc) is 2.69. The lowest BCUT2D eigenvalue weighted by molar-refractivity contribution is 0.407. The molecular formula is C13H19NO3S. The summed E-state index contributed by atoms with van der Waals surface area (Å²) < 4.78 is 28.6. The van der Waals surface area contributed by atoms with Gasteiger partial charge in [0.25, 0.3) is 0 Å². The second-order valence-corrected chi connectivity index (χ2v) is 6.97. The molecule has 1 aromatic carbocycles. The van der Waals surface area contributed by atoms with E-state index in [0.29, 0.717) is 18.8 Å². The molecule has 1 fully saturated rings. The topological polar surface area (TPSA) is 55.4 Å². The normalized spacial score (nSPS) is 21.9. The number of benzene rings is 1. The zero-order valence-corrected chi connectivity index (χ0v) is 11.4. The first-order chi connectivity index (χ1) is 8.63. The van der Waals surface area contributed by atoms with Gasteiger partial charge in [0.2, 0.25) is 0 Å². The molecule has 0 bridgehead atoms. The maximum atomic E-state index is 11.7. The van der Waals surface area contributed by atoms with Crippen LogP contribution in [0.2, 0.25) is 0 Å². The average molecular weight is 269 g/mol. The van der Waals surface area contributed by atoms with Crippen LogP contribution in [0.25, 0.3) is 0 Å². The van der Waals surface area contributed by atoms with Crippen molar-refractivity contribution in [2.75, 3.05) is 19.4 Å². The molecule has 0 radical (unpaired) electrons. The number of rotatable bonds is 5. The predicted octanol–water partition coefficient (Wildman–Crippen LogP) is 1.36. The summed E-state index contributed by atoms with van der Waals surface area (Å²) >= 11 is 0. The molecule has 1 aromatic rings. The van der Waals surface area contributed by atoms with Crippen LogP contribution in [0.15, 0.2) is 24.3 Å². The van der Waals surface area contributed by atoms with Gasteiger partial charge in [-0.3, -0.25) is 0 Å². The molecule has 0 amide bonds. The largest absolute Gasteiger partial charge is 0.496 e. The second kappa shape index (κ2) is 5.71. The van der Waals surface area contributed by atoms with Gasteiger partial charge in [-0.25, -0.2) is 8.42 Å². The van der Waals surface area contributed by atoms with E-state index < -0.39 is 9.84 Å². The molecule has 1 atom stereocenters. The van der Waals surface area contributed by atoms with Crippen molar-refractivity contribution in [3.8, 4) is 5.75 Å². The van der Waals surface area contributed by atoms with E-state index in [1.807, 2.05) is 24.3 Å². The fraction of sp³-hybridized carbons (Fsp3) is 0.538. The molecule has 5 heteroatoms. The minimum absolute atomic E-state index is 0.216. The Labute approximate surface area is 108 Å². The van der Waals surface area contributed by atoms with E-state index in [0.717, 1.165) is 24.2 Å². The zero-order valence-electron chi connectivity index (χ0n) is 10.6. The number of ether oxygens (including phenoxy) is 1. The standard InChI is InChI=1S/C13H19NO3S/c1-17-13-7-3-2-5-11(13)9-14-10-12-6-4-8-18(12,15)16/h2-3,5,7,12,14H,4,6,8-10H2,1H3. The van der Waals surface area contributed by atoms with E-state index >= 15 is 0 Å². The Morgan fingerprint density at radius 3 is 2.83 bits per heavy atom. The molecule has 1 heterocycles. The molecule has 1 unspecified atom stereocenters. The molecule has 100 valence electrons. The van der Waals surface area contributed by atoms with Crippen LogP contribution >= 0.6 is 0 Å². The summed E-state index contributed by atoms with van der Waals surface area (Å²) in [6.07, 6.45) is 1.57. The van der Waals surface area contributed by atoms with Crippen molar-refractivity contribution in [3.63, 3.8) is 0 Å². The monoisotopic (exact) mass is 269 g/mol. The lowest BCUT2D eigenvalue weighted by Gasteiger charge is -2.12. The quantitative estimate of drug-likeness (QED) is 0.877. The Hall–Kier alpha value is -1.07. The van der Waals surface area contributed by atoms with Crippen LogP contribution in [0.3, 0.4) is 0 Å². The summed E-state index contributed by atoms with van der Waals surface area (Å²) in [5.41, 5.74) is 1.05. The van der Waals surface area contributed by atoms with Crippen molar-refractivity contribution in [1.29, 1.82) is 0 Å². The van der Waals surface area contributed by atoms with E-state index in [2.05, 4.69) is 5.32 Å². The van der Waals surface area contributed by atoms with Crippen molar-refractivity contribution in [2.45, 2.75) is 24.6 Å². The number of hydrogen-bond acceptors (Lipinski definition) is 4. The Balaban J connectivity index is 1.89. The van der Waals surface area contributed by atoms with Gasteiger partial charge in [-0.05, 0) is 18.9 Å². The van der Waals surface area contributed by atoms with E-state index in [1.165, 1.54) is 0 Å². The van der Waals surface area contributed by atoms with Gasteiger partial charge < -0.3 is 10.1 Å². The molecule has 0 saturated carbocycles. The number of para-hydroxylation sites is 1. The van der Waals surface area contributed by atoms with Crippen molar-refractivity contribution in [2.24, 2.45) is 0 Å². The minimum Gasteiger partial charge on any atom is -0.496 e. The molecule has 4 nitrogen and oxygen atoms in total. The molecule has 1 saturated heterocycles. The zero-order chi connectivity index (χ0) is 13.0. The van der Waals surface area contributed by atoms with Crippen molar-refractivity contribution in [1.82, 2.24) is 5.32 Å². The van der Waals surface area contributed by atoms with Crippen LogP contribution in [0.1, 0.15) is 18.4 Å². The van der Waals surface area contributed by atoms with Gasteiger partial charge in [-0.1, -0.05) is 18.2 Å². The highest BCUT2D eigenvalue weighted by Crippen LogP contribution is 2.20. The van der Waals surface area contributed by atoms with Crippen LogP contribution in [-0.4, -0.2) is 33.1 Å². The van der Waals surface area contributed by atoms with Gasteiger partial charge in [-0.2, -0.15) is 0 Å². The van der Waals surface area contributed by atoms with Crippen LogP contribution < -0.4 is 10.1 Å². The summed E-state index contributed by atoms with van der Waals surface area (Å²) in [5.74, 6) is 1.17. The Kier molecular flexibility index (Phi) is 4.24.